The number of benzene rings is 2. The van der Waals surface area contributed by atoms with Crippen LogP contribution in [0.4, 0.5) is 8.78 Å². The molecule has 0 aliphatic carbocycles. The Hall–Kier alpha value is -2.14. The molecule has 1 aliphatic heterocycles. The first-order valence-electron chi connectivity index (χ1n) is 6.69. The summed E-state index contributed by atoms with van der Waals surface area (Å²) in [5.74, 6) is 0.906. The molecule has 0 radical (unpaired) electrons. The molecule has 1 unspecified atom stereocenters. The number of alkyl halides is 2. The van der Waals surface area contributed by atoms with E-state index in [9.17, 15) is 8.78 Å². The molecule has 3 rings (SSSR count). The van der Waals surface area contributed by atoms with E-state index in [1.54, 1.807) is 12.1 Å². The maximum atomic E-state index is 12.1. The van der Waals surface area contributed by atoms with Gasteiger partial charge in [0, 0.05) is 18.0 Å². The maximum absolute atomic E-state index is 12.1. The number of ether oxygens (including phenoxy) is 2. The summed E-state index contributed by atoms with van der Waals surface area (Å²) in [6.45, 7) is -2.82. The zero-order chi connectivity index (χ0) is 14.8. The number of para-hydroxylation sites is 1. The monoisotopic (exact) mass is 291 g/mol. The van der Waals surface area contributed by atoms with E-state index < -0.39 is 6.61 Å². The summed E-state index contributed by atoms with van der Waals surface area (Å²) in [5, 5.41) is 0. The molecule has 0 amide bonds. The molecule has 0 fully saturated rings. The second-order valence-corrected chi connectivity index (χ2v) is 4.93. The molecule has 0 saturated heterocycles. The fraction of sp³-hybridized carbons (Fsp3) is 0.250. The molecule has 2 N–H and O–H groups in total. The van der Waals surface area contributed by atoms with Crippen molar-refractivity contribution in [3.63, 3.8) is 0 Å². The van der Waals surface area contributed by atoms with Gasteiger partial charge in [-0.15, -0.1) is 0 Å². The standard InChI is InChI=1S/C16H15F2NO2/c17-16(18)20-11-7-5-10(6-8-11)15-9-13(19)12-3-1-2-4-14(12)21-15/h1-8,13,15-16H,9,19H2/t13-,15?/m0/s1. The molecule has 2 atom stereocenters. The van der Waals surface area contributed by atoms with E-state index in [2.05, 4.69) is 4.74 Å². The second-order valence-electron chi connectivity index (χ2n) is 4.93. The number of nitrogens with two attached hydrogens (primary N) is 1. The van der Waals surface area contributed by atoms with Crippen LogP contribution in [0.5, 0.6) is 11.5 Å². The minimum atomic E-state index is -2.82. The molecule has 1 aliphatic rings. The van der Waals surface area contributed by atoms with Gasteiger partial charge in [0.05, 0.1) is 0 Å². The smallest absolute Gasteiger partial charge is 0.387 e. The average Bonchev–Trinajstić information content (AvgIpc) is 2.47. The Morgan fingerprint density at radius 1 is 1.10 bits per heavy atom. The van der Waals surface area contributed by atoms with Gasteiger partial charge < -0.3 is 15.2 Å². The topological polar surface area (TPSA) is 44.5 Å². The highest BCUT2D eigenvalue weighted by atomic mass is 19.3. The van der Waals surface area contributed by atoms with Crippen molar-refractivity contribution in [2.45, 2.75) is 25.2 Å². The van der Waals surface area contributed by atoms with Crippen LogP contribution in [0, 0.1) is 0 Å². The number of hydrogen-bond acceptors (Lipinski definition) is 3. The van der Waals surface area contributed by atoms with Gasteiger partial charge in [-0.3, -0.25) is 0 Å². The van der Waals surface area contributed by atoms with Crippen LogP contribution in [0.1, 0.15) is 29.7 Å². The summed E-state index contributed by atoms with van der Waals surface area (Å²) in [6, 6.07) is 14.0. The summed E-state index contributed by atoms with van der Waals surface area (Å²) in [5.41, 5.74) is 8.05. The summed E-state index contributed by atoms with van der Waals surface area (Å²) in [6.07, 6.45) is 0.460. The lowest BCUT2D eigenvalue weighted by molar-refractivity contribution is -0.0498. The van der Waals surface area contributed by atoms with Gasteiger partial charge in [0.2, 0.25) is 0 Å². The van der Waals surface area contributed by atoms with E-state index >= 15 is 0 Å². The van der Waals surface area contributed by atoms with Gasteiger partial charge in [0.1, 0.15) is 17.6 Å². The van der Waals surface area contributed by atoms with E-state index in [1.165, 1.54) is 12.1 Å². The van der Waals surface area contributed by atoms with E-state index in [0.717, 1.165) is 16.9 Å². The second kappa shape index (κ2) is 5.69. The van der Waals surface area contributed by atoms with E-state index in [4.69, 9.17) is 10.5 Å². The van der Waals surface area contributed by atoms with Crippen molar-refractivity contribution in [2.24, 2.45) is 5.73 Å². The van der Waals surface area contributed by atoms with Crippen LogP contribution >= 0.6 is 0 Å². The van der Waals surface area contributed by atoms with Gasteiger partial charge in [0.25, 0.3) is 0 Å². The Labute approximate surface area is 121 Å². The number of fused-ring (bicyclic) bond motifs is 1. The third-order valence-electron chi connectivity index (χ3n) is 3.53. The maximum Gasteiger partial charge on any atom is 0.387 e. The number of halogens is 2. The average molecular weight is 291 g/mol. The van der Waals surface area contributed by atoms with Gasteiger partial charge in [-0.2, -0.15) is 8.78 Å². The predicted octanol–water partition coefficient (Wildman–Crippen LogP) is 3.81. The van der Waals surface area contributed by atoms with Gasteiger partial charge in [0.15, 0.2) is 0 Å². The zero-order valence-electron chi connectivity index (χ0n) is 11.2. The third-order valence-corrected chi connectivity index (χ3v) is 3.53. The molecule has 0 bridgehead atoms. The van der Waals surface area contributed by atoms with Gasteiger partial charge in [-0.1, -0.05) is 30.3 Å². The van der Waals surface area contributed by atoms with Crippen molar-refractivity contribution >= 4 is 0 Å². The van der Waals surface area contributed by atoms with Crippen molar-refractivity contribution in [1.82, 2.24) is 0 Å². The Bertz CT molecular complexity index is 616. The molecular formula is C16H15F2NO2. The quantitative estimate of drug-likeness (QED) is 0.935. The highest BCUT2D eigenvalue weighted by Crippen LogP contribution is 2.39. The van der Waals surface area contributed by atoms with Gasteiger partial charge >= 0.3 is 6.61 Å². The SMILES string of the molecule is N[C@H]1CC(c2ccc(OC(F)F)cc2)Oc2ccccc21. The van der Waals surface area contributed by atoms with Crippen molar-refractivity contribution in [1.29, 1.82) is 0 Å². The summed E-state index contributed by atoms with van der Waals surface area (Å²) in [4.78, 5) is 0. The van der Waals surface area contributed by atoms with Crippen LogP contribution in [0.2, 0.25) is 0 Å². The normalized spacial score (nSPS) is 20.8. The lowest BCUT2D eigenvalue weighted by Gasteiger charge is -2.30. The third kappa shape index (κ3) is 2.97. The van der Waals surface area contributed by atoms with Crippen LogP contribution in [0.3, 0.4) is 0 Å². The van der Waals surface area contributed by atoms with Gasteiger partial charge in [-0.25, -0.2) is 0 Å². The minimum absolute atomic E-state index is 0.100. The number of hydrogen-bond donors (Lipinski definition) is 1. The van der Waals surface area contributed by atoms with E-state index in [0.29, 0.717) is 6.42 Å². The molecule has 5 heteroatoms. The first-order valence-corrected chi connectivity index (χ1v) is 6.69. The molecule has 2 aromatic rings. The Balaban J connectivity index is 1.79. The molecule has 2 aromatic carbocycles. The molecule has 110 valence electrons. The van der Waals surface area contributed by atoms with Crippen molar-refractivity contribution < 1.29 is 18.3 Å². The predicted molar refractivity (Wildman–Crippen MR) is 74.4 cm³/mol. The minimum Gasteiger partial charge on any atom is -0.485 e. The molecule has 0 aromatic heterocycles. The summed E-state index contributed by atoms with van der Waals surface area (Å²) >= 11 is 0. The van der Waals surface area contributed by atoms with Crippen LogP contribution in [-0.2, 0) is 0 Å². The van der Waals surface area contributed by atoms with E-state index in [1.807, 2.05) is 24.3 Å². The highest BCUT2D eigenvalue weighted by Gasteiger charge is 2.26. The Morgan fingerprint density at radius 2 is 1.81 bits per heavy atom. The lowest BCUT2D eigenvalue weighted by atomic mass is 9.93. The molecule has 3 nitrogen and oxygen atoms in total. The zero-order valence-corrected chi connectivity index (χ0v) is 11.2. The first-order chi connectivity index (χ1) is 10.1. The number of rotatable bonds is 3. The van der Waals surface area contributed by atoms with Crippen LogP contribution in [-0.4, -0.2) is 6.61 Å². The van der Waals surface area contributed by atoms with Crippen LogP contribution in [0.25, 0.3) is 0 Å². The Morgan fingerprint density at radius 3 is 2.52 bits per heavy atom. The van der Waals surface area contributed by atoms with E-state index in [-0.39, 0.29) is 17.9 Å². The largest absolute Gasteiger partial charge is 0.485 e. The summed E-state index contributed by atoms with van der Waals surface area (Å²) in [7, 11) is 0. The molecular weight excluding hydrogens is 276 g/mol. The van der Waals surface area contributed by atoms with Crippen molar-refractivity contribution in [2.75, 3.05) is 0 Å². The first kappa shape index (κ1) is 13.8. The molecule has 1 heterocycles. The highest BCUT2D eigenvalue weighted by molar-refractivity contribution is 5.39. The van der Waals surface area contributed by atoms with Crippen molar-refractivity contribution in [3.05, 3.63) is 59.7 Å². The van der Waals surface area contributed by atoms with Crippen LogP contribution < -0.4 is 15.2 Å². The fourth-order valence-corrected chi connectivity index (χ4v) is 2.52. The van der Waals surface area contributed by atoms with Crippen molar-refractivity contribution in [3.8, 4) is 11.5 Å². The fourth-order valence-electron chi connectivity index (χ4n) is 2.52. The molecule has 0 spiro atoms. The van der Waals surface area contributed by atoms with Crippen LogP contribution in [0.15, 0.2) is 48.5 Å². The molecule has 0 saturated carbocycles. The Kier molecular flexibility index (Phi) is 3.75. The molecule has 21 heavy (non-hydrogen) atoms. The lowest BCUT2D eigenvalue weighted by Crippen LogP contribution is -2.24. The van der Waals surface area contributed by atoms with Gasteiger partial charge in [-0.05, 0) is 23.8 Å². The summed E-state index contributed by atoms with van der Waals surface area (Å²) < 4.78 is 34.5.